The molecule has 88 valence electrons. The van der Waals surface area contributed by atoms with Crippen molar-refractivity contribution in [2.45, 2.75) is 24.7 Å². The molecular weight excluding hydrogens is 286 g/mol. The molecule has 0 spiro atoms. The molecule has 0 aliphatic heterocycles. The van der Waals surface area contributed by atoms with Crippen molar-refractivity contribution < 1.29 is 4.79 Å². The van der Waals surface area contributed by atoms with Crippen molar-refractivity contribution in [3.8, 4) is 0 Å². The number of thioether (sulfide) groups is 1. The third-order valence-corrected chi connectivity index (χ3v) is 4.15. The van der Waals surface area contributed by atoms with E-state index in [1.807, 2.05) is 23.9 Å². The second kappa shape index (κ2) is 7.74. The van der Waals surface area contributed by atoms with Crippen molar-refractivity contribution in [3.05, 3.63) is 28.7 Å². The molecule has 0 aliphatic rings. The van der Waals surface area contributed by atoms with Gasteiger partial charge in [-0.3, -0.25) is 4.79 Å². The molecular formula is C12H16BrNOS. The van der Waals surface area contributed by atoms with Gasteiger partial charge in [0, 0.05) is 22.8 Å². The molecule has 2 nitrogen and oxygen atoms in total. The van der Waals surface area contributed by atoms with Crippen molar-refractivity contribution in [2.75, 3.05) is 12.3 Å². The number of nitrogens with one attached hydrogen (secondary N) is 1. The van der Waals surface area contributed by atoms with Gasteiger partial charge in [0.2, 0.25) is 5.91 Å². The van der Waals surface area contributed by atoms with Gasteiger partial charge in [0.1, 0.15) is 0 Å². The van der Waals surface area contributed by atoms with E-state index in [2.05, 4.69) is 33.4 Å². The predicted molar refractivity (Wildman–Crippen MR) is 72.8 cm³/mol. The molecule has 0 aliphatic carbocycles. The Bertz CT molecular complexity index is 344. The van der Waals surface area contributed by atoms with Crippen molar-refractivity contribution in [1.82, 2.24) is 5.32 Å². The Morgan fingerprint density at radius 3 is 2.81 bits per heavy atom. The maximum absolute atomic E-state index is 10.6. The van der Waals surface area contributed by atoms with E-state index in [4.69, 9.17) is 0 Å². The quantitative estimate of drug-likeness (QED) is 0.644. The van der Waals surface area contributed by atoms with Crippen LogP contribution in [-0.2, 0) is 4.79 Å². The molecule has 0 saturated heterocycles. The highest BCUT2D eigenvalue weighted by atomic mass is 79.9. The summed E-state index contributed by atoms with van der Waals surface area (Å²) in [6.07, 6.45) is 2.16. The zero-order chi connectivity index (χ0) is 11.8. The number of hydrogen-bond donors (Lipinski definition) is 1. The fourth-order valence-electron chi connectivity index (χ4n) is 1.24. The third kappa shape index (κ3) is 5.56. The van der Waals surface area contributed by atoms with Crippen LogP contribution in [0.3, 0.4) is 0 Å². The van der Waals surface area contributed by atoms with Gasteiger partial charge in [-0.05, 0) is 46.7 Å². The second-order valence-corrected chi connectivity index (χ2v) is 5.46. The fraction of sp³-hybridized carbons (Fsp3) is 0.417. The Morgan fingerprint density at radius 1 is 1.38 bits per heavy atom. The molecule has 16 heavy (non-hydrogen) atoms. The van der Waals surface area contributed by atoms with E-state index < -0.39 is 0 Å². The van der Waals surface area contributed by atoms with Crippen LogP contribution in [0.25, 0.3) is 0 Å². The summed E-state index contributed by atoms with van der Waals surface area (Å²) in [5.74, 6) is 1.14. The normalized spacial score (nSPS) is 10.1. The molecule has 1 aromatic carbocycles. The van der Waals surface area contributed by atoms with Gasteiger partial charge >= 0.3 is 0 Å². The van der Waals surface area contributed by atoms with E-state index in [1.54, 1.807) is 6.92 Å². The van der Waals surface area contributed by atoms with E-state index >= 15 is 0 Å². The maximum atomic E-state index is 10.6. The standard InChI is InChI=1S/C12H16BrNOS/c1-10(15)14-8-4-5-9-16-12-7-3-2-6-11(12)13/h2-3,6-7H,4-5,8-9H2,1H3,(H,14,15). The van der Waals surface area contributed by atoms with Gasteiger partial charge in [-0.15, -0.1) is 11.8 Å². The highest BCUT2D eigenvalue weighted by Crippen LogP contribution is 2.27. The van der Waals surface area contributed by atoms with Gasteiger partial charge in [-0.2, -0.15) is 0 Å². The van der Waals surface area contributed by atoms with Gasteiger partial charge in [0.15, 0.2) is 0 Å². The lowest BCUT2D eigenvalue weighted by Crippen LogP contribution is -2.20. The number of carbonyl (C=O) groups excluding carboxylic acids is 1. The first-order chi connectivity index (χ1) is 7.70. The summed E-state index contributed by atoms with van der Waals surface area (Å²) in [7, 11) is 0. The van der Waals surface area contributed by atoms with Crippen LogP contribution >= 0.6 is 27.7 Å². The first-order valence-electron chi connectivity index (χ1n) is 5.32. The molecule has 1 rings (SSSR count). The number of amides is 1. The average molecular weight is 302 g/mol. The molecule has 0 atom stereocenters. The molecule has 4 heteroatoms. The molecule has 0 radical (unpaired) electrons. The SMILES string of the molecule is CC(=O)NCCCCSc1ccccc1Br. The molecule has 1 amide bonds. The molecule has 0 heterocycles. The summed E-state index contributed by atoms with van der Waals surface area (Å²) in [6.45, 7) is 2.34. The van der Waals surface area contributed by atoms with E-state index in [9.17, 15) is 4.79 Å². The Hall–Kier alpha value is -0.480. The molecule has 0 unspecified atom stereocenters. The van der Waals surface area contributed by atoms with Gasteiger partial charge < -0.3 is 5.32 Å². The molecule has 0 bridgehead atoms. The summed E-state index contributed by atoms with van der Waals surface area (Å²) < 4.78 is 1.15. The number of rotatable bonds is 6. The van der Waals surface area contributed by atoms with Crippen molar-refractivity contribution >= 4 is 33.6 Å². The Kier molecular flexibility index (Phi) is 6.57. The number of hydrogen-bond acceptors (Lipinski definition) is 2. The Morgan fingerprint density at radius 2 is 2.12 bits per heavy atom. The van der Waals surface area contributed by atoms with Crippen molar-refractivity contribution in [3.63, 3.8) is 0 Å². The first-order valence-corrected chi connectivity index (χ1v) is 7.10. The summed E-state index contributed by atoms with van der Waals surface area (Å²) in [5.41, 5.74) is 0. The number of unbranched alkanes of at least 4 members (excludes halogenated alkanes) is 1. The smallest absolute Gasteiger partial charge is 0.216 e. The first kappa shape index (κ1) is 13.6. The fourth-order valence-corrected chi connectivity index (χ4v) is 2.81. The third-order valence-electron chi connectivity index (χ3n) is 2.04. The topological polar surface area (TPSA) is 29.1 Å². The predicted octanol–water partition coefficient (Wildman–Crippen LogP) is 3.46. The summed E-state index contributed by atoms with van der Waals surface area (Å²) >= 11 is 5.37. The summed E-state index contributed by atoms with van der Waals surface area (Å²) in [4.78, 5) is 11.9. The van der Waals surface area contributed by atoms with Gasteiger partial charge in [0.05, 0.1) is 0 Å². The zero-order valence-electron chi connectivity index (χ0n) is 9.33. The molecule has 0 fully saturated rings. The van der Waals surface area contributed by atoms with Crippen LogP contribution in [-0.4, -0.2) is 18.2 Å². The minimum Gasteiger partial charge on any atom is -0.356 e. The summed E-state index contributed by atoms with van der Waals surface area (Å²) in [5, 5.41) is 2.80. The summed E-state index contributed by atoms with van der Waals surface area (Å²) in [6, 6.07) is 8.23. The molecule has 0 aromatic heterocycles. The lowest BCUT2D eigenvalue weighted by atomic mass is 10.3. The van der Waals surface area contributed by atoms with Crippen LogP contribution in [0.1, 0.15) is 19.8 Å². The highest BCUT2D eigenvalue weighted by molar-refractivity contribution is 9.10. The Balaban J connectivity index is 2.12. The van der Waals surface area contributed by atoms with Crippen molar-refractivity contribution in [1.29, 1.82) is 0 Å². The molecule has 1 N–H and O–H groups in total. The minimum atomic E-state index is 0.0541. The zero-order valence-corrected chi connectivity index (χ0v) is 11.7. The second-order valence-electron chi connectivity index (χ2n) is 3.47. The van der Waals surface area contributed by atoms with Gasteiger partial charge in [0.25, 0.3) is 0 Å². The van der Waals surface area contributed by atoms with Crippen LogP contribution in [0.4, 0.5) is 0 Å². The van der Waals surface area contributed by atoms with Crippen LogP contribution in [0.15, 0.2) is 33.6 Å². The average Bonchev–Trinajstić information content (AvgIpc) is 2.25. The van der Waals surface area contributed by atoms with Gasteiger partial charge in [-0.1, -0.05) is 12.1 Å². The van der Waals surface area contributed by atoms with Crippen LogP contribution < -0.4 is 5.32 Å². The Labute approximate surface area is 109 Å². The van der Waals surface area contributed by atoms with Gasteiger partial charge in [-0.25, -0.2) is 0 Å². The largest absolute Gasteiger partial charge is 0.356 e. The van der Waals surface area contributed by atoms with E-state index in [0.717, 1.165) is 29.6 Å². The maximum Gasteiger partial charge on any atom is 0.216 e. The van der Waals surface area contributed by atoms with Crippen LogP contribution in [0, 0.1) is 0 Å². The molecule has 0 saturated carbocycles. The number of benzene rings is 1. The van der Waals surface area contributed by atoms with Crippen LogP contribution in [0.5, 0.6) is 0 Å². The van der Waals surface area contributed by atoms with E-state index in [0.29, 0.717) is 0 Å². The van der Waals surface area contributed by atoms with E-state index in [1.165, 1.54) is 4.90 Å². The van der Waals surface area contributed by atoms with Crippen molar-refractivity contribution in [2.24, 2.45) is 0 Å². The number of carbonyl (C=O) groups is 1. The lowest BCUT2D eigenvalue weighted by molar-refractivity contribution is -0.118. The van der Waals surface area contributed by atoms with Crippen LogP contribution in [0.2, 0.25) is 0 Å². The van der Waals surface area contributed by atoms with E-state index in [-0.39, 0.29) is 5.91 Å². The monoisotopic (exact) mass is 301 g/mol. The number of halogens is 1. The lowest BCUT2D eigenvalue weighted by Gasteiger charge is -2.04. The molecule has 1 aromatic rings. The highest BCUT2D eigenvalue weighted by Gasteiger charge is 1.98. The minimum absolute atomic E-state index is 0.0541.